The first-order valence-electron chi connectivity index (χ1n) is 6.36. The fourth-order valence-corrected chi connectivity index (χ4v) is 3.64. The Morgan fingerprint density at radius 1 is 1.32 bits per heavy atom. The number of sulfonamides is 1. The van der Waals surface area contributed by atoms with Gasteiger partial charge in [-0.1, -0.05) is 25.5 Å². The van der Waals surface area contributed by atoms with Crippen LogP contribution in [0.4, 0.5) is 4.39 Å². The van der Waals surface area contributed by atoms with E-state index < -0.39 is 22.3 Å². The third-order valence-corrected chi connectivity index (χ3v) is 5.13. The normalized spacial score (nSPS) is 24.8. The maximum absolute atomic E-state index is 13.2. The van der Waals surface area contributed by atoms with Gasteiger partial charge in [-0.05, 0) is 24.1 Å². The molecule has 0 aliphatic carbocycles. The highest BCUT2D eigenvalue weighted by Gasteiger charge is 2.38. The third kappa shape index (κ3) is 2.96. The van der Waals surface area contributed by atoms with E-state index in [-0.39, 0.29) is 18.0 Å². The van der Waals surface area contributed by atoms with Crippen molar-refractivity contribution >= 4 is 10.0 Å². The molecule has 19 heavy (non-hydrogen) atoms. The van der Waals surface area contributed by atoms with Crippen LogP contribution in [0.25, 0.3) is 0 Å². The van der Waals surface area contributed by atoms with Crippen molar-refractivity contribution in [1.29, 1.82) is 0 Å². The van der Waals surface area contributed by atoms with Gasteiger partial charge in [0.15, 0.2) is 0 Å². The number of hydrogen-bond acceptors (Lipinski definition) is 3. The van der Waals surface area contributed by atoms with Crippen LogP contribution < -0.4 is 0 Å². The molecule has 1 aromatic rings. The summed E-state index contributed by atoms with van der Waals surface area (Å²) >= 11 is 0. The summed E-state index contributed by atoms with van der Waals surface area (Å²) in [5.74, 6) is 0. The molecule has 0 aromatic heterocycles. The second kappa shape index (κ2) is 5.56. The zero-order valence-corrected chi connectivity index (χ0v) is 11.6. The lowest BCUT2D eigenvalue weighted by Crippen LogP contribution is -2.29. The average molecular weight is 287 g/mol. The van der Waals surface area contributed by atoms with Crippen LogP contribution in [0.1, 0.15) is 18.9 Å². The maximum atomic E-state index is 13.2. The molecule has 0 saturated carbocycles. The lowest BCUT2D eigenvalue weighted by molar-refractivity contribution is 0.117. The molecule has 2 rings (SSSR count). The van der Waals surface area contributed by atoms with Crippen LogP contribution in [0.3, 0.4) is 0 Å². The molecule has 1 aliphatic rings. The maximum Gasteiger partial charge on any atom is 0.243 e. The third-order valence-electron chi connectivity index (χ3n) is 3.29. The smallest absolute Gasteiger partial charge is 0.243 e. The zero-order chi connectivity index (χ0) is 14.0. The zero-order valence-electron chi connectivity index (χ0n) is 10.8. The van der Waals surface area contributed by atoms with Crippen LogP contribution >= 0.6 is 0 Å². The SMILES string of the molecule is CCCc1ccc(S(=O)(=O)N2C[C@@H](O)[C@H](F)C2)cc1. The van der Waals surface area contributed by atoms with Gasteiger partial charge in [0.1, 0.15) is 12.3 Å². The quantitative estimate of drug-likeness (QED) is 0.909. The average Bonchev–Trinajstić information content (AvgIpc) is 2.71. The summed E-state index contributed by atoms with van der Waals surface area (Å²) in [4.78, 5) is 0.147. The molecule has 0 amide bonds. The van der Waals surface area contributed by atoms with E-state index in [9.17, 15) is 17.9 Å². The molecule has 6 heteroatoms. The second-order valence-electron chi connectivity index (χ2n) is 4.80. The monoisotopic (exact) mass is 287 g/mol. The van der Waals surface area contributed by atoms with Crippen molar-refractivity contribution in [1.82, 2.24) is 4.31 Å². The number of nitrogens with zero attached hydrogens (tertiary/aromatic N) is 1. The molecule has 0 bridgehead atoms. The number of halogens is 1. The second-order valence-corrected chi connectivity index (χ2v) is 6.74. The highest BCUT2D eigenvalue weighted by atomic mass is 32.2. The molecule has 106 valence electrons. The highest BCUT2D eigenvalue weighted by Crippen LogP contribution is 2.23. The molecule has 1 fully saturated rings. The fraction of sp³-hybridized carbons (Fsp3) is 0.538. The van der Waals surface area contributed by atoms with Gasteiger partial charge in [-0.25, -0.2) is 12.8 Å². The van der Waals surface area contributed by atoms with Crippen LogP contribution in [0.15, 0.2) is 29.2 Å². The van der Waals surface area contributed by atoms with Gasteiger partial charge in [0.2, 0.25) is 10.0 Å². The van der Waals surface area contributed by atoms with Gasteiger partial charge in [0.25, 0.3) is 0 Å². The topological polar surface area (TPSA) is 57.6 Å². The number of β-amino-alcohol motifs (C(OH)–C–C–N with tert-alkyl or cyclic N) is 1. The van der Waals surface area contributed by atoms with Crippen LogP contribution in [0.2, 0.25) is 0 Å². The first-order chi connectivity index (χ1) is 8.95. The molecule has 0 spiro atoms. The standard InChI is InChI=1S/C13H18FNO3S/c1-2-3-10-4-6-11(7-5-10)19(17,18)15-8-12(14)13(16)9-15/h4-7,12-13,16H,2-3,8-9H2,1H3/t12-,13-/m1/s1. The molecule has 1 aromatic carbocycles. The van der Waals surface area contributed by atoms with Crippen molar-refractivity contribution in [3.05, 3.63) is 29.8 Å². The predicted octanol–water partition coefficient (Wildman–Crippen LogP) is 1.34. The van der Waals surface area contributed by atoms with E-state index in [0.29, 0.717) is 0 Å². The molecule has 0 radical (unpaired) electrons. The fourth-order valence-electron chi connectivity index (χ4n) is 2.18. The number of hydrogen-bond donors (Lipinski definition) is 1. The molecule has 1 saturated heterocycles. The van der Waals surface area contributed by atoms with Gasteiger partial charge in [0.05, 0.1) is 4.90 Å². The molecule has 1 aliphatic heterocycles. The lowest BCUT2D eigenvalue weighted by atomic mass is 10.1. The summed E-state index contributed by atoms with van der Waals surface area (Å²) in [6, 6.07) is 6.63. The van der Waals surface area contributed by atoms with Gasteiger partial charge >= 0.3 is 0 Å². The molecule has 4 nitrogen and oxygen atoms in total. The summed E-state index contributed by atoms with van der Waals surface area (Å²) in [6.45, 7) is 1.60. The van der Waals surface area contributed by atoms with E-state index in [1.807, 2.05) is 0 Å². The number of aryl methyl sites for hydroxylation is 1. The van der Waals surface area contributed by atoms with Crippen LogP contribution in [0.5, 0.6) is 0 Å². The Balaban J connectivity index is 2.20. The van der Waals surface area contributed by atoms with Crippen LogP contribution in [-0.4, -0.2) is 43.2 Å². The first-order valence-corrected chi connectivity index (χ1v) is 7.80. The van der Waals surface area contributed by atoms with E-state index in [1.54, 1.807) is 12.1 Å². The summed E-state index contributed by atoms with van der Waals surface area (Å²) in [5.41, 5.74) is 1.08. The molecule has 2 atom stereocenters. The van der Waals surface area contributed by atoms with Gasteiger partial charge in [-0.3, -0.25) is 0 Å². The minimum Gasteiger partial charge on any atom is -0.389 e. The van der Waals surface area contributed by atoms with Gasteiger partial charge in [-0.2, -0.15) is 4.31 Å². The summed E-state index contributed by atoms with van der Waals surface area (Å²) < 4.78 is 38.7. The molecule has 1 heterocycles. The van der Waals surface area contributed by atoms with Crippen molar-refractivity contribution < 1.29 is 17.9 Å². The number of aliphatic hydroxyl groups is 1. The van der Waals surface area contributed by atoms with Gasteiger partial charge < -0.3 is 5.11 Å². The Morgan fingerprint density at radius 3 is 2.42 bits per heavy atom. The number of aliphatic hydroxyl groups excluding tert-OH is 1. The summed E-state index contributed by atoms with van der Waals surface area (Å²) in [7, 11) is -3.70. The number of rotatable bonds is 4. The highest BCUT2D eigenvalue weighted by molar-refractivity contribution is 7.89. The van der Waals surface area contributed by atoms with E-state index >= 15 is 0 Å². The van der Waals surface area contributed by atoms with E-state index in [1.165, 1.54) is 12.1 Å². The number of benzene rings is 1. The summed E-state index contributed by atoms with van der Waals surface area (Å²) in [6.07, 6.45) is -0.841. The molecular weight excluding hydrogens is 269 g/mol. The molecule has 1 N–H and O–H groups in total. The summed E-state index contributed by atoms with van der Waals surface area (Å²) in [5, 5.41) is 9.31. The van der Waals surface area contributed by atoms with E-state index in [2.05, 4.69) is 6.92 Å². The van der Waals surface area contributed by atoms with Crippen molar-refractivity contribution in [2.24, 2.45) is 0 Å². The van der Waals surface area contributed by atoms with Crippen molar-refractivity contribution in [2.45, 2.75) is 36.9 Å². The van der Waals surface area contributed by atoms with Crippen LogP contribution in [-0.2, 0) is 16.4 Å². The van der Waals surface area contributed by atoms with Gasteiger partial charge in [-0.15, -0.1) is 0 Å². The van der Waals surface area contributed by atoms with Crippen molar-refractivity contribution in [3.63, 3.8) is 0 Å². The van der Waals surface area contributed by atoms with Crippen molar-refractivity contribution in [3.8, 4) is 0 Å². The van der Waals surface area contributed by atoms with Crippen LogP contribution in [0, 0.1) is 0 Å². The van der Waals surface area contributed by atoms with Crippen molar-refractivity contribution in [2.75, 3.05) is 13.1 Å². The largest absolute Gasteiger partial charge is 0.389 e. The van der Waals surface area contributed by atoms with E-state index in [0.717, 1.165) is 22.7 Å². The predicted molar refractivity (Wildman–Crippen MR) is 70.1 cm³/mol. The molecular formula is C13H18FNO3S. The number of alkyl halides is 1. The Morgan fingerprint density at radius 2 is 1.95 bits per heavy atom. The lowest BCUT2D eigenvalue weighted by Gasteiger charge is -2.15. The first kappa shape index (κ1) is 14.4. The molecule has 0 unspecified atom stereocenters. The minimum absolute atomic E-state index is 0.147. The minimum atomic E-state index is -3.70. The Kier molecular flexibility index (Phi) is 4.23. The van der Waals surface area contributed by atoms with E-state index in [4.69, 9.17) is 0 Å². The Bertz CT molecular complexity index is 519. The Hall–Kier alpha value is -0.980. The van der Waals surface area contributed by atoms with Gasteiger partial charge in [0, 0.05) is 13.1 Å². The Labute approximate surface area is 112 Å².